The third-order valence-electron chi connectivity index (χ3n) is 3.98. The summed E-state index contributed by atoms with van der Waals surface area (Å²) in [5, 5.41) is 0. The van der Waals surface area contributed by atoms with E-state index in [4.69, 9.17) is 0 Å². The van der Waals surface area contributed by atoms with Crippen molar-refractivity contribution in [2.45, 2.75) is 39.5 Å². The zero-order valence-electron chi connectivity index (χ0n) is 10.8. The van der Waals surface area contributed by atoms with E-state index in [2.05, 4.69) is 50.3 Å². The van der Waals surface area contributed by atoms with Crippen molar-refractivity contribution in [2.75, 3.05) is 0 Å². The number of benzene rings is 1. The minimum Gasteiger partial charge on any atom is -0.0745 e. The van der Waals surface area contributed by atoms with Crippen molar-refractivity contribution in [3.63, 3.8) is 0 Å². The third kappa shape index (κ3) is 1.97. The summed E-state index contributed by atoms with van der Waals surface area (Å²) in [6.07, 6.45) is 14.5. The smallest absolute Gasteiger partial charge is 0.00111 e. The molecule has 0 heterocycles. The van der Waals surface area contributed by atoms with Crippen molar-refractivity contribution in [1.29, 1.82) is 0 Å². The molecular formula is C17H20. The van der Waals surface area contributed by atoms with E-state index < -0.39 is 0 Å². The number of aryl methyl sites for hydroxylation is 1. The molecule has 3 rings (SSSR count). The predicted molar refractivity (Wildman–Crippen MR) is 74.9 cm³/mol. The lowest BCUT2D eigenvalue weighted by molar-refractivity contribution is 0.633. The number of allylic oxidation sites excluding steroid dienone is 2. The van der Waals surface area contributed by atoms with Crippen LogP contribution < -0.4 is 0 Å². The fourth-order valence-corrected chi connectivity index (χ4v) is 2.88. The molecular weight excluding hydrogens is 204 g/mol. The normalized spacial score (nSPS) is 20.6. The largest absolute Gasteiger partial charge is 0.0745 e. The molecule has 0 aliphatic heterocycles. The van der Waals surface area contributed by atoms with Gasteiger partial charge in [-0.3, -0.25) is 0 Å². The molecule has 0 saturated heterocycles. The summed E-state index contributed by atoms with van der Waals surface area (Å²) in [6, 6.07) is 4.63. The van der Waals surface area contributed by atoms with Gasteiger partial charge < -0.3 is 0 Å². The Morgan fingerprint density at radius 1 is 0.941 bits per heavy atom. The van der Waals surface area contributed by atoms with Gasteiger partial charge in [0.1, 0.15) is 0 Å². The maximum atomic E-state index is 2.35. The highest BCUT2D eigenvalue weighted by atomic mass is 14.2. The van der Waals surface area contributed by atoms with Crippen molar-refractivity contribution >= 4 is 12.2 Å². The summed E-state index contributed by atoms with van der Waals surface area (Å²) < 4.78 is 0. The van der Waals surface area contributed by atoms with Gasteiger partial charge in [0.2, 0.25) is 0 Å². The SMILES string of the molecule is CC1(C)C=Cc2ccc3c(c2C=C1)CCCC3. The van der Waals surface area contributed by atoms with E-state index in [0.717, 1.165) is 0 Å². The third-order valence-corrected chi connectivity index (χ3v) is 3.98. The number of hydrogen-bond acceptors (Lipinski definition) is 0. The Hall–Kier alpha value is -1.30. The summed E-state index contributed by atoms with van der Waals surface area (Å²) in [4.78, 5) is 0. The Balaban J connectivity index is 2.17. The van der Waals surface area contributed by atoms with Gasteiger partial charge in [-0.25, -0.2) is 0 Å². The second-order valence-electron chi connectivity index (χ2n) is 5.90. The van der Waals surface area contributed by atoms with Crippen LogP contribution in [-0.4, -0.2) is 0 Å². The molecule has 0 bridgehead atoms. The maximum absolute atomic E-state index is 2.35. The Morgan fingerprint density at radius 2 is 1.71 bits per heavy atom. The van der Waals surface area contributed by atoms with E-state index in [-0.39, 0.29) is 5.41 Å². The lowest BCUT2D eigenvalue weighted by atomic mass is 9.86. The molecule has 0 saturated carbocycles. The lowest BCUT2D eigenvalue weighted by Crippen LogP contribution is -2.05. The van der Waals surface area contributed by atoms with Gasteiger partial charge in [0.15, 0.2) is 0 Å². The Morgan fingerprint density at radius 3 is 2.59 bits per heavy atom. The molecule has 0 amide bonds. The number of rotatable bonds is 0. The van der Waals surface area contributed by atoms with Crippen molar-refractivity contribution in [2.24, 2.45) is 5.41 Å². The summed E-state index contributed by atoms with van der Waals surface area (Å²) in [5.41, 5.74) is 6.23. The van der Waals surface area contributed by atoms with Crippen molar-refractivity contribution < 1.29 is 0 Å². The molecule has 2 aliphatic carbocycles. The molecule has 1 aromatic carbocycles. The quantitative estimate of drug-likeness (QED) is 0.602. The van der Waals surface area contributed by atoms with Crippen LogP contribution in [0, 0.1) is 5.41 Å². The lowest BCUT2D eigenvalue weighted by Gasteiger charge is -2.19. The van der Waals surface area contributed by atoms with Gasteiger partial charge in [-0.1, -0.05) is 50.3 Å². The molecule has 0 fully saturated rings. The highest BCUT2D eigenvalue weighted by Crippen LogP contribution is 2.33. The predicted octanol–water partition coefficient (Wildman–Crippen LogP) is 4.63. The molecule has 0 heteroatoms. The zero-order valence-corrected chi connectivity index (χ0v) is 10.8. The van der Waals surface area contributed by atoms with Gasteiger partial charge >= 0.3 is 0 Å². The van der Waals surface area contributed by atoms with Gasteiger partial charge in [-0.05, 0) is 47.9 Å². The van der Waals surface area contributed by atoms with Gasteiger partial charge in [0.05, 0.1) is 0 Å². The minimum absolute atomic E-state index is 0.181. The second-order valence-corrected chi connectivity index (χ2v) is 5.90. The second kappa shape index (κ2) is 3.87. The molecule has 0 nitrogen and oxygen atoms in total. The molecule has 1 aromatic rings. The van der Waals surface area contributed by atoms with Gasteiger partial charge in [0.25, 0.3) is 0 Å². The highest BCUT2D eigenvalue weighted by molar-refractivity contribution is 5.72. The van der Waals surface area contributed by atoms with Crippen LogP contribution in [0.15, 0.2) is 24.3 Å². The first-order valence-corrected chi connectivity index (χ1v) is 6.69. The highest BCUT2D eigenvalue weighted by Gasteiger charge is 2.17. The summed E-state index contributed by atoms with van der Waals surface area (Å²) in [6.45, 7) is 4.52. The van der Waals surface area contributed by atoms with Gasteiger partial charge in [-0.2, -0.15) is 0 Å². The Labute approximate surface area is 104 Å². The van der Waals surface area contributed by atoms with E-state index in [9.17, 15) is 0 Å². The molecule has 2 aliphatic rings. The average Bonchev–Trinajstić information content (AvgIpc) is 2.49. The molecule has 17 heavy (non-hydrogen) atoms. The number of fused-ring (bicyclic) bond motifs is 3. The first-order valence-electron chi connectivity index (χ1n) is 6.69. The van der Waals surface area contributed by atoms with E-state index in [1.165, 1.54) is 36.8 Å². The monoisotopic (exact) mass is 224 g/mol. The summed E-state index contributed by atoms with van der Waals surface area (Å²) in [7, 11) is 0. The Bertz CT molecular complexity index is 501. The Kier molecular flexibility index (Phi) is 2.47. The van der Waals surface area contributed by atoms with Crippen LogP contribution in [0.1, 0.15) is 48.9 Å². The molecule has 88 valence electrons. The van der Waals surface area contributed by atoms with E-state index in [1.807, 2.05) is 0 Å². The van der Waals surface area contributed by atoms with Crippen LogP contribution in [0.2, 0.25) is 0 Å². The first kappa shape index (κ1) is 10.8. The average molecular weight is 224 g/mol. The van der Waals surface area contributed by atoms with Gasteiger partial charge in [0, 0.05) is 5.41 Å². The van der Waals surface area contributed by atoms with Crippen molar-refractivity contribution in [3.8, 4) is 0 Å². The fourth-order valence-electron chi connectivity index (χ4n) is 2.88. The van der Waals surface area contributed by atoms with Gasteiger partial charge in [-0.15, -0.1) is 0 Å². The summed E-state index contributed by atoms with van der Waals surface area (Å²) in [5.74, 6) is 0. The molecule has 0 atom stereocenters. The molecule has 0 unspecified atom stereocenters. The van der Waals surface area contributed by atoms with Crippen LogP contribution in [0.25, 0.3) is 12.2 Å². The molecule has 0 aromatic heterocycles. The molecule has 0 radical (unpaired) electrons. The standard InChI is InChI=1S/C17H20/c1-17(2)11-9-14-8-7-13-5-3-4-6-15(13)16(14)10-12-17/h7-12H,3-6H2,1-2H3. The fraction of sp³-hybridized carbons (Fsp3) is 0.412. The van der Waals surface area contributed by atoms with E-state index >= 15 is 0 Å². The zero-order chi connectivity index (χ0) is 11.9. The van der Waals surface area contributed by atoms with Crippen LogP contribution in [-0.2, 0) is 12.8 Å². The van der Waals surface area contributed by atoms with Crippen molar-refractivity contribution in [1.82, 2.24) is 0 Å². The summed E-state index contributed by atoms with van der Waals surface area (Å²) >= 11 is 0. The van der Waals surface area contributed by atoms with Crippen molar-refractivity contribution in [3.05, 3.63) is 46.5 Å². The van der Waals surface area contributed by atoms with Crippen LogP contribution >= 0.6 is 0 Å². The number of hydrogen-bond donors (Lipinski definition) is 0. The maximum Gasteiger partial charge on any atom is 0.00111 e. The first-order chi connectivity index (χ1) is 8.16. The minimum atomic E-state index is 0.181. The molecule has 0 spiro atoms. The van der Waals surface area contributed by atoms with E-state index in [1.54, 1.807) is 11.1 Å². The molecule has 0 N–H and O–H groups in total. The topological polar surface area (TPSA) is 0 Å². The van der Waals surface area contributed by atoms with E-state index in [0.29, 0.717) is 0 Å². The van der Waals surface area contributed by atoms with Crippen LogP contribution in [0.4, 0.5) is 0 Å². The van der Waals surface area contributed by atoms with Crippen LogP contribution in [0.3, 0.4) is 0 Å². The van der Waals surface area contributed by atoms with Crippen LogP contribution in [0.5, 0.6) is 0 Å².